The number of hydrogen-bond acceptors (Lipinski definition) is 3. The molecule has 0 aromatic carbocycles. The largest absolute Gasteiger partial charge is 0.375 e. The zero-order valence-corrected chi connectivity index (χ0v) is 12.4. The highest BCUT2D eigenvalue weighted by atomic mass is 32.2. The fourth-order valence-corrected chi connectivity index (χ4v) is 3.97. The fourth-order valence-electron chi connectivity index (χ4n) is 2.05. The Balaban J connectivity index is 2.90. The van der Waals surface area contributed by atoms with Gasteiger partial charge < -0.3 is 4.74 Å². The third-order valence-corrected chi connectivity index (χ3v) is 5.07. The van der Waals surface area contributed by atoms with Crippen molar-refractivity contribution in [3.63, 3.8) is 0 Å². The number of ether oxygens (including phenoxy) is 1. The Hall–Kier alpha value is -0.310. The summed E-state index contributed by atoms with van der Waals surface area (Å²) >= 11 is 0. The monoisotopic (exact) mass is 300 g/mol. The molecule has 1 fully saturated rings. The Bertz CT molecular complexity index is 378. The van der Waals surface area contributed by atoms with Crippen LogP contribution in [0.1, 0.15) is 27.2 Å². The Morgan fingerprint density at radius 1 is 1.42 bits per heavy atom. The van der Waals surface area contributed by atoms with E-state index in [1.165, 1.54) is 4.31 Å². The van der Waals surface area contributed by atoms with Crippen LogP contribution in [0, 0.1) is 0 Å². The fraction of sp³-hybridized carbons (Fsp3) is 1.00. The smallest absolute Gasteiger partial charge is 0.282 e. The number of nitrogens with zero attached hydrogens (tertiary/aromatic N) is 2. The van der Waals surface area contributed by atoms with Crippen molar-refractivity contribution in [2.45, 2.75) is 45.8 Å². The van der Waals surface area contributed by atoms with Gasteiger partial charge in [-0.05, 0) is 20.3 Å². The number of alkyl halides is 2. The van der Waals surface area contributed by atoms with Crippen molar-refractivity contribution < 1.29 is 21.9 Å². The number of rotatable bonds is 6. The molecule has 1 saturated heterocycles. The molecule has 0 saturated carbocycles. The van der Waals surface area contributed by atoms with Gasteiger partial charge in [-0.25, -0.2) is 8.78 Å². The van der Waals surface area contributed by atoms with Crippen molar-refractivity contribution >= 4 is 10.2 Å². The lowest BCUT2D eigenvalue weighted by atomic mass is 10.2. The lowest BCUT2D eigenvalue weighted by molar-refractivity contribution is -0.0197. The first-order chi connectivity index (χ1) is 8.78. The standard InChI is InChI=1S/C11H22F2N2O3S/c1-4-5-14(7-11(12)13)19(16,17)15-6-10(3)18-8-9(15)2/h9-11H,4-8H2,1-3H3. The quantitative estimate of drug-likeness (QED) is 0.743. The van der Waals surface area contributed by atoms with Crippen LogP contribution in [0.25, 0.3) is 0 Å². The topological polar surface area (TPSA) is 49.9 Å². The maximum atomic E-state index is 12.5. The van der Waals surface area contributed by atoms with Crippen molar-refractivity contribution in [1.82, 2.24) is 8.61 Å². The van der Waals surface area contributed by atoms with E-state index in [9.17, 15) is 17.2 Å². The Labute approximate surface area is 113 Å². The minimum Gasteiger partial charge on any atom is -0.375 e. The Morgan fingerprint density at radius 2 is 2.05 bits per heavy atom. The molecule has 1 rings (SSSR count). The van der Waals surface area contributed by atoms with E-state index in [1.807, 2.05) is 0 Å². The van der Waals surface area contributed by atoms with Crippen LogP contribution in [-0.2, 0) is 14.9 Å². The number of morpholine rings is 1. The average molecular weight is 300 g/mol. The summed E-state index contributed by atoms with van der Waals surface area (Å²) in [5.41, 5.74) is 0. The van der Waals surface area contributed by atoms with Crippen LogP contribution in [0.3, 0.4) is 0 Å². The highest BCUT2D eigenvalue weighted by Crippen LogP contribution is 2.20. The molecule has 0 bridgehead atoms. The molecule has 0 aliphatic carbocycles. The summed E-state index contributed by atoms with van der Waals surface area (Å²) in [5.74, 6) is 0. The molecular formula is C11H22F2N2O3S. The molecule has 5 nitrogen and oxygen atoms in total. The molecule has 0 N–H and O–H groups in total. The number of halogens is 2. The van der Waals surface area contributed by atoms with E-state index >= 15 is 0 Å². The zero-order valence-electron chi connectivity index (χ0n) is 11.6. The van der Waals surface area contributed by atoms with Crippen LogP contribution in [0.4, 0.5) is 8.78 Å². The molecule has 1 aliphatic rings. The molecule has 0 aromatic rings. The molecule has 0 radical (unpaired) electrons. The van der Waals surface area contributed by atoms with Gasteiger partial charge in [0.2, 0.25) is 0 Å². The molecule has 0 aromatic heterocycles. The first kappa shape index (κ1) is 16.7. The van der Waals surface area contributed by atoms with E-state index in [2.05, 4.69) is 0 Å². The van der Waals surface area contributed by atoms with Crippen LogP contribution >= 0.6 is 0 Å². The van der Waals surface area contributed by atoms with Crippen molar-refractivity contribution in [2.75, 3.05) is 26.2 Å². The SMILES string of the molecule is CCCN(CC(F)F)S(=O)(=O)N1CC(C)OCC1C. The Morgan fingerprint density at radius 3 is 2.58 bits per heavy atom. The molecule has 114 valence electrons. The lowest BCUT2D eigenvalue weighted by Crippen LogP contribution is -2.55. The first-order valence-electron chi connectivity index (χ1n) is 6.45. The van der Waals surface area contributed by atoms with Crippen LogP contribution in [-0.4, -0.2) is 61.8 Å². The molecule has 0 spiro atoms. The first-order valence-corrected chi connectivity index (χ1v) is 7.85. The second kappa shape index (κ2) is 6.92. The third kappa shape index (κ3) is 4.34. The van der Waals surface area contributed by atoms with Gasteiger partial charge in [-0.3, -0.25) is 0 Å². The predicted molar refractivity (Wildman–Crippen MR) is 68.4 cm³/mol. The van der Waals surface area contributed by atoms with Crippen molar-refractivity contribution in [3.05, 3.63) is 0 Å². The van der Waals surface area contributed by atoms with Gasteiger partial charge in [0.25, 0.3) is 16.6 Å². The molecule has 1 heterocycles. The molecule has 8 heteroatoms. The molecule has 0 amide bonds. The third-order valence-electron chi connectivity index (χ3n) is 2.99. The van der Waals surface area contributed by atoms with E-state index < -0.39 is 23.2 Å². The zero-order chi connectivity index (χ0) is 14.6. The minimum absolute atomic E-state index is 0.102. The lowest BCUT2D eigenvalue weighted by Gasteiger charge is -2.38. The second-order valence-corrected chi connectivity index (χ2v) is 6.70. The van der Waals surface area contributed by atoms with Gasteiger partial charge in [-0.1, -0.05) is 6.92 Å². The molecule has 2 unspecified atom stereocenters. The maximum Gasteiger partial charge on any atom is 0.282 e. The van der Waals surface area contributed by atoms with Crippen LogP contribution in [0.5, 0.6) is 0 Å². The van der Waals surface area contributed by atoms with Crippen molar-refractivity contribution in [1.29, 1.82) is 0 Å². The van der Waals surface area contributed by atoms with Gasteiger partial charge in [0.1, 0.15) is 0 Å². The van der Waals surface area contributed by atoms with Gasteiger partial charge in [0, 0.05) is 19.1 Å². The minimum atomic E-state index is -3.86. The van der Waals surface area contributed by atoms with E-state index in [4.69, 9.17) is 4.74 Å². The summed E-state index contributed by atoms with van der Waals surface area (Å²) in [5, 5.41) is 0. The van der Waals surface area contributed by atoms with E-state index in [0.29, 0.717) is 6.42 Å². The van der Waals surface area contributed by atoms with Crippen LogP contribution in [0.2, 0.25) is 0 Å². The van der Waals surface area contributed by atoms with Crippen LogP contribution < -0.4 is 0 Å². The summed E-state index contributed by atoms with van der Waals surface area (Å²) in [6, 6.07) is -0.335. The normalized spacial score (nSPS) is 26.3. The van der Waals surface area contributed by atoms with Gasteiger partial charge in [0.15, 0.2) is 0 Å². The molecular weight excluding hydrogens is 278 g/mol. The highest BCUT2D eigenvalue weighted by Gasteiger charge is 2.37. The summed E-state index contributed by atoms with van der Waals surface area (Å²) < 4.78 is 57.4. The summed E-state index contributed by atoms with van der Waals surface area (Å²) in [4.78, 5) is 0. The van der Waals surface area contributed by atoms with Crippen molar-refractivity contribution in [2.24, 2.45) is 0 Å². The summed E-state index contributed by atoms with van der Waals surface area (Å²) in [6.45, 7) is 5.09. The summed E-state index contributed by atoms with van der Waals surface area (Å²) in [6.07, 6.45) is -2.39. The maximum absolute atomic E-state index is 12.5. The summed E-state index contributed by atoms with van der Waals surface area (Å²) in [7, 11) is -3.86. The van der Waals surface area contributed by atoms with E-state index in [0.717, 1.165) is 4.31 Å². The van der Waals surface area contributed by atoms with Crippen LogP contribution in [0.15, 0.2) is 0 Å². The molecule has 19 heavy (non-hydrogen) atoms. The Kier molecular flexibility index (Phi) is 6.10. The molecule has 1 aliphatic heterocycles. The second-order valence-electron chi connectivity index (χ2n) is 4.82. The van der Waals surface area contributed by atoms with E-state index in [-0.39, 0.29) is 31.8 Å². The van der Waals surface area contributed by atoms with Gasteiger partial charge in [-0.2, -0.15) is 17.0 Å². The van der Waals surface area contributed by atoms with E-state index in [1.54, 1.807) is 20.8 Å². The van der Waals surface area contributed by atoms with Gasteiger partial charge in [-0.15, -0.1) is 0 Å². The number of hydrogen-bond donors (Lipinski definition) is 0. The van der Waals surface area contributed by atoms with Crippen molar-refractivity contribution in [3.8, 4) is 0 Å². The predicted octanol–water partition coefficient (Wildman–Crippen LogP) is 1.32. The van der Waals surface area contributed by atoms with Gasteiger partial charge >= 0.3 is 0 Å². The van der Waals surface area contributed by atoms with Gasteiger partial charge in [0.05, 0.1) is 19.3 Å². The highest BCUT2D eigenvalue weighted by molar-refractivity contribution is 7.86. The molecule has 2 atom stereocenters. The average Bonchev–Trinajstić information content (AvgIpc) is 2.31.